The van der Waals surface area contributed by atoms with Gasteiger partial charge in [0.1, 0.15) is 5.75 Å². The molecule has 2 fully saturated rings. The number of benzene rings is 2. The molecule has 2 aliphatic rings. The van der Waals surface area contributed by atoms with Gasteiger partial charge in [-0.25, -0.2) is 13.2 Å². The number of halogens is 1. The van der Waals surface area contributed by atoms with E-state index in [0.717, 1.165) is 16.7 Å². The standard InChI is InChI=1S/C33H44ClNO6S/c1-20(2)25-15-21-18-35(42(38,39)24-11-9-22(10-12-24)32(3,4)5)14-13-28(21)41-30(25)26-16-23(33(6,7)8)17-27(34)31(26)40-19-29(36)37/h9-12,16-17,21,25,28,30H,1,13-15,18-19H2,2-8H3,(H,36,37)/t21-,25-,28+,30+/m1/s1. The van der Waals surface area contributed by atoms with Crippen molar-refractivity contribution in [3.8, 4) is 5.75 Å². The van der Waals surface area contributed by atoms with Gasteiger partial charge in [0.15, 0.2) is 6.61 Å². The van der Waals surface area contributed by atoms with E-state index in [4.69, 9.17) is 21.1 Å². The molecule has 0 bridgehead atoms. The average molecular weight is 618 g/mol. The van der Waals surface area contributed by atoms with E-state index < -0.39 is 28.7 Å². The summed E-state index contributed by atoms with van der Waals surface area (Å²) >= 11 is 6.70. The first-order valence-corrected chi connectivity index (χ1v) is 16.3. The van der Waals surface area contributed by atoms with Crippen LogP contribution in [-0.2, 0) is 30.4 Å². The van der Waals surface area contributed by atoms with Crippen LogP contribution < -0.4 is 4.74 Å². The van der Waals surface area contributed by atoms with E-state index in [1.807, 2.05) is 31.2 Å². The number of rotatable bonds is 7. The van der Waals surface area contributed by atoms with Crippen LogP contribution in [0, 0.1) is 11.8 Å². The molecule has 9 heteroatoms. The Bertz CT molecular complexity index is 1440. The molecule has 0 spiro atoms. The van der Waals surface area contributed by atoms with Gasteiger partial charge in [-0.2, -0.15) is 4.31 Å². The Balaban J connectivity index is 1.63. The first kappa shape index (κ1) is 32.5. The minimum Gasteiger partial charge on any atom is -0.480 e. The number of sulfonamides is 1. The lowest BCUT2D eigenvalue weighted by Gasteiger charge is -2.47. The zero-order valence-corrected chi connectivity index (χ0v) is 27.3. The normalized spacial score (nSPS) is 23.7. The van der Waals surface area contributed by atoms with E-state index >= 15 is 0 Å². The van der Waals surface area contributed by atoms with Crippen molar-refractivity contribution in [3.05, 3.63) is 70.3 Å². The lowest BCUT2D eigenvalue weighted by molar-refractivity contribution is -0.139. The summed E-state index contributed by atoms with van der Waals surface area (Å²) in [7, 11) is -3.67. The number of hydrogen-bond acceptors (Lipinski definition) is 5. The fraction of sp³-hybridized carbons (Fsp3) is 0.545. The van der Waals surface area contributed by atoms with Gasteiger partial charge in [0.05, 0.1) is 22.1 Å². The Morgan fingerprint density at radius 1 is 1.10 bits per heavy atom. The Morgan fingerprint density at radius 2 is 1.71 bits per heavy atom. The summed E-state index contributed by atoms with van der Waals surface area (Å²) in [5, 5.41) is 9.64. The van der Waals surface area contributed by atoms with Crippen LogP contribution in [0.2, 0.25) is 5.02 Å². The first-order valence-electron chi connectivity index (χ1n) is 14.5. The number of ether oxygens (including phenoxy) is 2. The molecule has 0 saturated carbocycles. The van der Waals surface area contributed by atoms with Gasteiger partial charge in [0, 0.05) is 24.6 Å². The van der Waals surface area contributed by atoms with E-state index in [1.165, 1.54) is 0 Å². The van der Waals surface area contributed by atoms with Gasteiger partial charge in [-0.3, -0.25) is 0 Å². The second kappa shape index (κ2) is 11.9. The highest BCUT2D eigenvalue weighted by molar-refractivity contribution is 7.89. The topological polar surface area (TPSA) is 93.1 Å². The zero-order valence-electron chi connectivity index (χ0n) is 25.7. The molecule has 42 heavy (non-hydrogen) atoms. The van der Waals surface area contributed by atoms with E-state index in [2.05, 4.69) is 48.1 Å². The van der Waals surface area contributed by atoms with Crippen LogP contribution in [0.1, 0.15) is 84.1 Å². The molecular formula is C33H44ClNO6S. The van der Waals surface area contributed by atoms with Crippen LogP contribution in [0.15, 0.2) is 53.4 Å². The molecule has 4 rings (SSSR count). The highest BCUT2D eigenvalue weighted by atomic mass is 35.5. The second-order valence-electron chi connectivity index (χ2n) is 13.8. The highest BCUT2D eigenvalue weighted by Crippen LogP contribution is 2.49. The van der Waals surface area contributed by atoms with Gasteiger partial charge in [0.25, 0.3) is 0 Å². The van der Waals surface area contributed by atoms with E-state index in [9.17, 15) is 18.3 Å². The van der Waals surface area contributed by atoms with Crippen molar-refractivity contribution in [2.75, 3.05) is 19.7 Å². The molecular weight excluding hydrogens is 574 g/mol. The minimum absolute atomic E-state index is 0.0232. The van der Waals surface area contributed by atoms with Gasteiger partial charge >= 0.3 is 5.97 Å². The maximum Gasteiger partial charge on any atom is 0.341 e. The summed E-state index contributed by atoms with van der Waals surface area (Å²) in [5.74, 6) is -0.955. The quantitative estimate of drug-likeness (QED) is 0.332. The highest BCUT2D eigenvalue weighted by Gasteiger charge is 2.45. The van der Waals surface area contributed by atoms with Gasteiger partial charge in [-0.05, 0) is 71.9 Å². The van der Waals surface area contributed by atoms with Gasteiger partial charge in [-0.15, -0.1) is 0 Å². The van der Waals surface area contributed by atoms with Gasteiger partial charge < -0.3 is 14.6 Å². The fourth-order valence-electron chi connectivity index (χ4n) is 5.90. The SMILES string of the molecule is C=C(C)[C@H]1C[C@@H]2CN(S(=O)(=O)c3ccc(C(C)(C)C)cc3)CC[C@@H]2O[C@@H]1c1cc(C(C)(C)C)cc(Cl)c1OCC(=O)O. The lowest BCUT2D eigenvalue weighted by atomic mass is 9.75. The minimum atomic E-state index is -3.67. The molecule has 0 aliphatic carbocycles. The second-order valence-corrected chi connectivity index (χ2v) is 16.1. The summed E-state index contributed by atoms with van der Waals surface area (Å²) in [4.78, 5) is 11.7. The molecule has 2 aromatic rings. The molecule has 0 aromatic heterocycles. The molecule has 2 heterocycles. The predicted molar refractivity (Wildman–Crippen MR) is 166 cm³/mol. The van der Waals surface area contributed by atoms with Crippen molar-refractivity contribution in [2.45, 2.75) is 89.2 Å². The predicted octanol–water partition coefficient (Wildman–Crippen LogP) is 7.13. The monoisotopic (exact) mass is 617 g/mol. The lowest BCUT2D eigenvalue weighted by Crippen LogP contribution is -2.50. The Labute approximate surface area is 255 Å². The number of carbonyl (C=O) groups is 1. The summed E-state index contributed by atoms with van der Waals surface area (Å²) in [6, 6.07) is 11.0. The number of carboxylic acids is 1. The average Bonchev–Trinajstić information content (AvgIpc) is 2.89. The van der Waals surface area contributed by atoms with Crippen molar-refractivity contribution < 1.29 is 27.8 Å². The fourth-order valence-corrected chi connectivity index (χ4v) is 7.70. The van der Waals surface area contributed by atoms with Crippen molar-refractivity contribution in [3.63, 3.8) is 0 Å². The maximum atomic E-state index is 13.7. The Kier molecular flexibility index (Phi) is 9.25. The molecule has 0 amide bonds. The zero-order chi connectivity index (χ0) is 31.2. The molecule has 4 atom stereocenters. The van der Waals surface area contributed by atoms with E-state index in [1.54, 1.807) is 16.4 Å². The molecule has 0 unspecified atom stereocenters. The van der Waals surface area contributed by atoms with Crippen molar-refractivity contribution in [2.24, 2.45) is 11.8 Å². The molecule has 2 aliphatic heterocycles. The number of fused-ring (bicyclic) bond motifs is 1. The molecule has 1 N–H and O–H groups in total. The Hall–Kier alpha value is -2.39. The molecule has 2 aromatic carbocycles. The largest absolute Gasteiger partial charge is 0.480 e. The summed E-state index contributed by atoms with van der Waals surface area (Å²) in [6.07, 6.45) is 0.585. The molecule has 7 nitrogen and oxygen atoms in total. The summed E-state index contributed by atoms with van der Waals surface area (Å²) < 4.78 is 41.4. The molecule has 0 radical (unpaired) electrons. The summed E-state index contributed by atoms with van der Waals surface area (Å²) in [5.41, 5.74) is 3.38. The number of aliphatic carboxylic acids is 1. The van der Waals surface area contributed by atoms with Crippen LogP contribution in [0.4, 0.5) is 0 Å². The maximum absolute atomic E-state index is 13.7. The van der Waals surface area contributed by atoms with Crippen LogP contribution >= 0.6 is 11.6 Å². The third-order valence-corrected chi connectivity index (χ3v) is 10.6. The van der Waals surface area contributed by atoms with Crippen LogP contribution in [0.25, 0.3) is 0 Å². The van der Waals surface area contributed by atoms with Crippen LogP contribution in [-0.4, -0.2) is 49.6 Å². The smallest absolute Gasteiger partial charge is 0.341 e. The van der Waals surface area contributed by atoms with Crippen LogP contribution in [0.5, 0.6) is 5.75 Å². The third kappa shape index (κ3) is 6.88. The first-order chi connectivity index (χ1) is 19.4. The van der Waals surface area contributed by atoms with Gasteiger partial charge in [-0.1, -0.05) is 77.4 Å². The molecule has 230 valence electrons. The number of nitrogens with zero attached hydrogens (tertiary/aromatic N) is 1. The van der Waals surface area contributed by atoms with E-state index in [0.29, 0.717) is 47.2 Å². The number of carboxylic acid groups (broad SMARTS) is 1. The van der Waals surface area contributed by atoms with Crippen molar-refractivity contribution in [1.82, 2.24) is 4.31 Å². The summed E-state index contributed by atoms with van der Waals surface area (Å²) in [6.45, 7) is 18.9. The van der Waals surface area contributed by atoms with Crippen LogP contribution in [0.3, 0.4) is 0 Å². The van der Waals surface area contributed by atoms with Crippen molar-refractivity contribution in [1.29, 1.82) is 0 Å². The number of hydrogen-bond donors (Lipinski definition) is 1. The molecule has 2 saturated heterocycles. The Morgan fingerprint density at radius 3 is 2.26 bits per heavy atom. The number of piperidine rings is 1. The van der Waals surface area contributed by atoms with E-state index in [-0.39, 0.29) is 28.8 Å². The van der Waals surface area contributed by atoms with Gasteiger partial charge in [0.2, 0.25) is 10.0 Å². The van der Waals surface area contributed by atoms with Crippen molar-refractivity contribution >= 4 is 27.6 Å². The third-order valence-electron chi connectivity index (χ3n) is 8.45.